The lowest BCUT2D eigenvalue weighted by Crippen LogP contribution is -1.89. The molecule has 54 valence electrons. The fraction of sp³-hybridized carbons (Fsp3) is 0.750. The second-order valence-corrected chi connectivity index (χ2v) is 2.95. The Morgan fingerprint density at radius 3 is 1.78 bits per heavy atom. The molecule has 0 rings (SSSR count). The van der Waals surface area contributed by atoms with Crippen LogP contribution in [-0.2, 0) is 0 Å². The topological polar surface area (TPSA) is 0 Å². The van der Waals surface area contributed by atoms with E-state index in [4.69, 9.17) is 0 Å². The van der Waals surface area contributed by atoms with Gasteiger partial charge in [-0.15, -0.1) is 0 Å². The zero-order chi connectivity index (χ0) is 7.44. The molecule has 0 aliphatic heterocycles. The van der Waals surface area contributed by atoms with Crippen LogP contribution in [0.4, 0.5) is 4.39 Å². The van der Waals surface area contributed by atoms with Gasteiger partial charge in [-0.25, -0.2) is 4.39 Å². The Labute approximate surface area is 56.8 Å². The summed E-state index contributed by atoms with van der Waals surface area (Å²) in [5.74, 6) is 0.379. The van der Waals surface area contributed by atoms with E-state index >= 15 is 0 Å². The molecule has 0 aromatic rings. The molecule has 0 aliphatic carbocycles. The molecule has 0 radical (unpaired) electrons. The van der Waals surface area contributed by atoms with Gasteiger partial charge < -0.3 is 0 Å². The van der Waals surface area contributed by atoms with Crippen molar-refractivity contribution in [2.75, 3.05) is 0 Å². The van der Waals surface area contributed by atoms with Gasteiger partial charge in [0, 0.05) is 5.92 Å². The number of hydrogen-bond donors (Lipinski definition) is 0. The summed E-state index contributed by atoms with van der Waals surface area (Å²) >= 11 is 0. The molecule has 1 heteroatoms. The van der Waals surface area contributed by atoms with Crippen molar-refractivity contribution in [3.05, 3.63) is 11.9 Å². The van der Waals surface area contributed by atoms with Crippen molar-refractivity contribution in [2.45, 2.75) is 27.7 Å². The van der Waals surface area contributed by atoms with Crippen molar-refractivity contribution in [1.82, 2.24) is 0 Å². The highest BCUT2D eigenvalue weighted by Crippen LogP contribution is 2.12. The van der Waals surface area contributed by atoms with Crippen molar-refractivity contribution < 1.29 is 4.39 Å². The zero-order valence-corrected chi connectivity index (χ0v) is 6.61. The van der Waals surface area contributed by atoms with Gasteiger partial charge in [0.2, 0.25) is 0 Å². The largest absolute Gasteiger partial charge is 0.212 e. The highest BCUT2D eigenvalue weighted by Gasteiger charge is 2.00. The first-order chi connectivity index (χ1) is 4.04. The van der Waals surface area contributed by atoms with E-state index in [0.29, 0.717) is 5.92 Å². The van der Waals surface area contributed by atoms with Crippen LogP contribution in [0.25, 0.3) is 0 Å². The summed E-state index contributed by atoms with van der Waals surface area (Å²) in [6, 6.07) is 0. The van der Waals surface area contributed by atoms with Crippen LogP contribution < -0.4 is 0 Å². The van der Waals surface area contributed by atoms with E-state index in [9.17, 15) is 4.39 Å². The number of rotatable bonds is 2. The van der Waals surface area contributed by atoms with E-state index in [1.54, 1.807) is 6.08 Å². The second-order valence-electron chi connectivity index (χ2n) is 2.95. The Kier molecular flexibility index (Phi) is 3.52. The normalized spacial score (nSPS) is 13.4. The molecule has 0 aliphatic rings. The van der Waals surface area contributed by atoms with Gasteiger partial charge in [0.1, 0.15) is 0 Å². The van der Waals surface area contributed by atoms with Crippen LogP contribution in [-0.4, -0.2) is 0 Å². The van der Waals surface area contributed by atoms with Gasteiger partial charge >= 0.3 is 0 Å². The summed E-state index contributed by atoms with van der Waals surface area (Å²) in [6.45, 7) is 7.66. The first-order valence-corrected chi connectivity index (χ1v) is 3.41. The van der Waals surface area contributed by atoms with E-state index in [0.717, 1.165) is 0 Å². The third-order valence-corrected chi connectivity index (χ3v) is 1.04. The van der Waals surface area contributed by atoms with Crippen LogP contribution in [0.5, 0.6) is 0 Å². The first-order valence-electron chi connectivity index (χ1n) is 3.41. The Balaban J connectivity index is 3.84. The van der Waals surface area contributed by atoms with Gasteiger partial charge in [0.05, 0.1) is 5.83 Å². The lowest BCUT2D eigenvalue weighted by Gasteiger charge is -2.01. The Morgan fingerprint density at radius 1 is 1.22 bits per heavy atom. The van der Waals surface area contributed by atoms with Crippen LogP contribution in [0, 0.1) is 11.8 Å². The minimum Gasteiger partial charge on any atom is -0.212 e. The Hall–Kier alpha value is -0.330. The maximum Gasteiger partial charge on any atom is 0.0987 e. The molecule has 0 saturated heterocycles. The van der Waals surface area contributed by atoms with Gasteiger partial charge in [-0.05, 0) is 5.92 Å². The molecule has 0 spiro atoms. The van der Waals surface area contributed by atoms with E-state index in [1.165, 1.54) is 0 Å². The number of hydrogen-bond acceptors (Lipinski definition) is 0. The molecule has 0 saturated carbocycles. The predicted molar refractivity (Wildman–Crippen MR) is 38.9 cm³/mol. The Bertz CT molecular complexity index is 101. The fourth-order valence-electron chi connectivity index (χ4n) is 0.511. The highest BCUT2D eigenvalue weighted by atomic mass is 19.1. The van der Waals surface area contributed by atoms with E-state index in [1.807, 2.05) is 27.7 Å². The number of halogens is 1. The van der Waals surface area contributed by atoms with E-state index in [2.05, 4.69) is 0 Å². The van der Waals surface area contributed by atoms with E-state index < -0.39 is 0 Å². The second kappa shape index (κ2) is 3.65. The van der Waals surface area contributed by atoms with Gasteiger partial charge in [-0.1, -0.05) is 33.8 Å². The number of allylic oxidation sites excluding steroid dienone is 2. The molecule has 0 heterocycles. The maximum absolute atomic E-state index is 12.6. The highest BCUT2D eigenvalue weighted by molar-refractivity contribution is 4.95. The van der Waals surface area contributed by atoms with Crippen molar-refractivity contribution in [3.8, 4) is 0 Å². The van der Waals surface area contributed by atoms with Crippen molar-refractivity contribution in [1.29, 1.82) is 0 Å². The zero-order valence-electron chi connectivity index (χ0n) is 6.61. The lowest BCUT2D eigenvalue weighted by atomic mass is 10.1. The molecule has 9 heavy (non-hydrogen) atoms. The molecule has 0 atom stereocenters. The summed E-state index contributed by atoms with van der Waals surface area (Å²) < 4.78 is 12.6. The average molecular weight is 130 g/mol. The van der Waals surface area contributed by atoms with Gasteiger partial charge in [-0.3, -0.25) is 0 Å². The van der Waals surface area contributed by atoms with E-state index in [-0.39, 0.29) is 11.7 Å². The molecule has 0 amide bonds. The molecule has 0 aromatic heterocycles. The van der Waals surface area contributed by atoms with Crippen LogP contribution in [0.15, 0.2) is 11.9 Å². The third kappa shape index (κ3) is 4.19. The molecule has 0 N–H and O–H groups in total. The monoisotopic (exact) mass is 130 g/mol. The van der Waals surface area contributed by atoms with Crippen LogP contribution in [0.3, 0.4) is 0 Å². The van der Waals surface area contributed by atoms with Gasteiger partial charge in [0.25, 0.3) is 0 Å². The minimum absolute atomic E-state index is 0.00463. The van der Waals surface area contributed by atoms with Gasteiger partial charge in [0.15, 0.2) is 0 Å². The minimum atomic E-state index is 0.00463. The molecular formula is C8H15F. The van der Waals surface area contributed by atoms with Crippen molar-refractivity contribution >= 4 is 0 Å². The van der Waals surface area contributed by atoms with Crippen LogP contribution >= 0.6 is 0 Å². The van der Waals surface area contributed by atoms with Crippen molar-refractivity contribution in [3.63, 3.8) is 0 Å². The van der Waals surface area contributed by atoms with Crippen LogP contribution in [0.2, 0.25) is 0 Å². The fourth-order valence-corrected chi connectivity index (χ4v) is 0.511. The molecule has 0 aromatic carbocycles. The molecule has 0 bridgehead atoms. The summed E-state index contributed by atoms with van der Waals surface area (Å²) in [4.78, 5) is 0. The first kappa shape index (κ1) is 8.67. The standard InChI is InChI=1S/C8H15F/c1-6(2)5-8(9)7(3)4/h5-7H,1-4H3/b8-5-. The average Bonchev–Trinajstić information content (AvgIpc) is 1.63. The molecule has 0 fully saturated rings. The SMILES string of the molecule is CC(C)/C=C(\F)C(C)C. The van der Waals surface area contributed by atoms with Crippen molar-refractivity contribution in [2.24, 2.45) is 11.8 Å². The lowest BCUT2D eigenvalue weighted by molar-refractivity contribution is 0.508. The van der Waals surface area contributed by atoms with Crippen LogP contribution in [0.1, 0.15) is 27.7 Å². The summed E-state index contributed by atoms with van der Waals surface area (Å²) in [7, 11) is 0. The summed E-state index contributed by atoms with van der Waals surface area (Å²) in [6.07, 6.45) is 1.66. The summed E-state index contributed by atoms with van der Waals surface area (Å²) in [5, 5.41) is 0. The maximum atomic E-state index is 12.6. The van der Waals surface area contributed by atoms with Gasteiger partial charge in [-0.2, -0.15) is 0 Å². The smallest absolute Gasteiger partial charge is 0.0987 e. The third-order valence-electron chi connectivity index (χ3n) is 1.04. The summed E-state index contributed by atoms with van der Waals surface area (Å²) in [5.41, 5.74) is 0. The predicted octanol–water partition coefficient (Wildman–Crippen LogP) is 3.15. The quantitative estimate of drug-likeness (QED) is 0.538. The Morgan fingerprint density at radius 2 is 1.67 bits per heavy atom. The molecule has 0 nitrogen and oxygen atoms in total. The molecular weight excluding hydrogens is 115 g/mol. The molecule has 0 unspecified atom stereocenters.